The van der Waals surface area contributed by atoms with Crippen LogP contribution < -0.4 is 10.6 Å². The quantitative estimate of drug-likeness (QED) is 0.825. The normalized spacial score (nSPS) is 11.7. The van der Waals surface area contributed by atoms with Crippen molar-refractivity contribution in [3.8, 4) is 0 Å². The molecule has 0 fully saturated rings. The smallest absolute Gasteiger partial charge is 0.222 e. The van der Waals surface area contributed by atoms with Crippen molar-refractivity contribution in [1.82, 2.24) is 10.6 Å². The number of carbonyl (C=O) groups is 2. The molecule has 1 aromatic carbocycles. The summed E-state index contributed by atoms with van der Waals surface area (Å²) in [6.07, 6.45) is 1.05. The number of hydrogen-bond donors (Lipinski definition) is 2. The fourth-order valence-corrected chi connectivity index (χ4v) is 2.96. The highest BCUT2D eigenvalue weighted by molar-refractivity contribution is 7.10. The second-order valence-corrected chi connectivity index (χ2v) is 6.04. The van der Waals surface area contributed by atoms with Gasteiger partial charge < -0.3 is 10.6 Å². The molecule has 5 heteroatoms. The van der Waals surface area contributed by atoms with Crippen LogP contribution in [0.4, 0.5) is 0 Å². The maximum Gasteiger partial charge on any atom is 0.222 e. The summed E-state index contributed by atoms with van der Waals surface area (Å²) in [6, 6.07) is 14.1. The summed E-state index contributed by atoms with van der Waals surface area (Å²) in [7, 11) is 0. The first-order chi connectivity index (χ1) is 10.6. The molecular formula is C17H20N2O2S. The molecule has 1 aromatic heterocycles. The van der Waals surface area contributed by atoms with E-state index >= 15 is 0 Å². The van der Waals surface area contributed by atoms with Crippen LogP contribution in [-0.2, 0) is 16.0 Å². The summed E-state index contributed by atoms with van der Waals surface area (Å²) in [4.78, 5) is 24.0. The van der Waals surface area contributed by atoms with Crippen LogP contribution in [0.5, 0.6) is 0 Å². The van der Waals surface area contributed by atoms with Gasteiger partial charge in [0.2, 0.25) is 11.8 Å². The molecule has 0 saturated heterocycles. The molecule has 2 rings (SSSR count). The molecule has 1 heterocycles. The minimum atomic E-state index is -0.119. The van der Waals surface area contributed by atoms with E-state index in [1.165, 1.54) is 12.5 Å². The van der Waals surface area contributed by atoms with Gasteiger partial charge in [-0.1, -0.05) is 36.4 Å². The number of rotatable bonds is 7. The van der Waals surface area contributed by atoms with Crippen molar-refractivity contribution in [2.24, 2.45) is 0 Å². The molecule has 1 atom stereocenters. The Morgan fingerprint density at radius 2 is 1.91 bits per heavy atom. The summed E-state index contributed by atoms with van der Waals surface area (Å²) in [6.45, 7) is 1.81. The van der Waals surface area contributed by atoms with E-state index in [2.05, 4.69) is 22.8 Å². The highest BCUT2D eigenvalue weighted by atomic mass is 32.1. The van der Waals surface area contributed by atoms with Crippen molar-refractivity contribution < 1.29 is 9.59 Å². The lowest BCUT2D eigenvalue weighted by Gasteiger charge is -2.18. The Morgan fingerprint density at radius 1 is 1.14 bits per heavy atom. The van der Waals surface area contributed by atoms with Crippen molar-refractivity contribution >= 4 is 23.2 Å². The molecule has 0 aliphatic heterocycles. The number of hydrogen-bond acceptors (Lipinski definition) is 3. The van der Waals surface area contributed by atoms with Crippen molar-refractivity contribution in [3.05, 3.63) is 58.3 Å². The summed E-state index contributed by atoms with van der Waals surface area (Å²) in [5, 5.41) is 7.71. The Kier molecular flexibility index (Phi) is 6.15. The van der Waals surface area contributed by atoms with Crippen molar-refractivity contribution in [2.45, 2.75) is 25.8 Å². The average molecular weight is 316 g/mol. The highest BCUT2D eigenvalue weighted by Crippen LogP contribution is 2.23. The van der Waals surface area contributed by atoms with Crippen LogP contribution in [0, 0.1) is 0 Å². The number of carbonyl (C=O) groups excluding carboxylic acids is 2. The molecule has 0 radical (unpaired) electrons. The van der Waals surface area contributed by atoms with Gasteiger partial charge in [-0.3, -0.25) is 9.59 Å². The molecule has 4 nitrogen and oxygen atoms in total. The molecule has 2 amide bonds. The molecule has 1 unspecified atom stereocenters. The van der Waals surface area contributed by atoms with Crippen LogP contribution in [0.2, 0.25) is 0 Å². The average Bonchev–Trinajstić information content (AvgIpc) is 3.01. The van der Waals surface area contributed by atoms with E-state index in [9.17, 15) is 9.59 Å². The van der Waals surface area contributed by atoms with Gasteiger partial charge >= 0.3 is 0 Å². The summed E-state index contributed by atoms with van der Waals surface area (Å²) in [5.41, 5.74) is 1.18. The number of amides is 2. The van der Waals surface area contributed by atoms with Gasteiger partial charge in [0.1, 0.15) is 0 Å². The Morgan fingerprint density at radius 3 is 2.55 bits per heavy atom. The Labute approximate surface area is 134 Å². The van der Waals surface area contributed by atoms with Gasteiger partial charge in [-0.05, 0) is 23.4 Å². The van der Waals surface area contributed by atoms with Crippen LogP contribution >= 0.6 is 11.3 Å². The Balaban J connectivity index is 1.96. The Hall–Kier alpha value is -2.14. The number of nitrogens with one attached hydrogen (secondary N) is 2. The highest BCUT2D eigenvalue weighted by Gasteiger charge is 2.16. The molecule has 22 heavy (non-hydrogen) atoms. The first-order valence-corrected chi connectivity index (χ1v) is 8.14. The number of benzene rings is 1. The predicted octanol–water partition coefficient (Wildman–Crippen LogP) is 2.67. The maximum absolute atomic E-state index is 12.1. The van der Waals surface area contributed by atoms with Crippen LogP contribution in [0.25, 0.3) is 0 Å². The zero-order valence-electron chi connectivity index (χ0n) is 12.5. The lowest BCUT2D eigenvalue weighted by Crippen LogP contribution is -2.32. The third-order valence-corrected chi connectivity index (χ3v) is 4.22. The van der Waals surface area contributed by atoms with Crippen molar-refractivity contribution in [1.29, 1.82) is 0 Å². The zero-order chi connectivity index (χ0) is 15.8. The van der Waals surface area contributed by atoms with E-state index in [4.69, 9.17) is 0 Å². The summed E-state index contributed by atoms with van der Waals surface area (Å²) >= 11 is 1.64. The van der Waals surface area contributed by atoms with Gasteiger partial charge in [0.15, 0.2) is 0 Å². The minimum absolute atomic E-state index is 0.0350. The lowest BCUT2D eigenvalue weighted by molar-refractivity contribution is -0.122. The van der Waals surface area contributed by atoms with Gasteiger partial charge in [-0.25, -0.2) is 0 Å². The largest absolute Gasteiger partial charge is 0.356 e. The van der Waals surface area contributed by atoms with Gasteiger partial charge in [0.25, 0.3) is 0 Å². The van der Waals surface area contributed by atoms with E-state index in [0.29, 0.717) is 6.54 Å². The van der Waals surface area contributed by atoms with Crippen LogP contribution in [0.15, 0.2) is 47.8 Å². The maximum atomic E-state index is 12.1. The molecule has 2 aromatic rings. The SMILES string of the molecule is CC(=O)NCCC(=O)NC(Cc1ccccc1)c1cccs1. The standard InChI is InChI=1S/C17H20N2O2S/c1-13(20)18-10-9-17(21)19-15(16-8-5-11-22-16)12-14-6-3-2-4-7-14/h2-8,11,15H,9-10,12H2,1H3,(H,18,20)(H,19,21). The summed E-state index contributed by atoms with van der Waals surface area (Å²) in [5.74, 6) is -0.171. The van der Waals surface area contributed by atoms with Gasteiger partial charge in [-0.15, -0.1) is 11.3 Å². The van der Waals surface area contributed by atoms with Crippen LogP contribution in [0.1, 0.15) is 29.8 Å². The monoisotopic (exact) mass is 316 g/mol. The molecule has 2 N–H and O–H groups in total. The molecule has 0 aliphatic rings. The zero-order valence-corrected chi connectivity index (χ0v) is 13.4. The number of thiophene rings is 1. The first kappa shape index (κ1) is 16.2. The second kappa shape index (κ2) is 8.34. The van der Waals surface area contributed by atoms with Gasteiger partial charge in [0.05, 0.1) is 6.04 Å². The fourth-order valence-electron chi connectivity index (χ4n) is 2.18. The van der Waals surface area contributed by atoms with Gasteiger partial charge in [0, 0.05) is 24.8 Å². The molecule has 0 aliphatic carbocycles. The van der Waals surface area contributed by atoms with Crippen molar-refractivity contribution in [3.63, 3.8) is 0 Å². The molecule has 0 saturated carbocycles. The van der Waals surface area contributed by atoms with E-state index < -0.39 is 0 Å². The molecule has 0 spiro atoms. The Bertz CT molecular complexity index is 596. The lowest BCUT2D eigenvalue weighted by atomic mass is 10.0. The third kappa shape index (κ3) is 5.33. The molecule has 116 valence electrons. The first-order valence-electron chi connectivity index (χ1n) is 7.26. The van der Waals surface area contributed by atoms with Gasteiger partial charge in [-0.2, -0.15) is 0 Å². The summed E-state index contributed by atoms with van der Waals surface area (Å²) < 4.78 is 0. The minimum Gasteiger partial charge on any atom is -0.356 e. The molecular weight excluding hydrogens is 296 g/mol. The van der Waals surface area contributed by atoms with E-state index in [-0.39, 0.29) is 24.3 Å². The van der Waals surface area contributed by atoms with E-state index in [1.807, 2.05) is 35.7 Å². The van der Waals surface area contributed by atoms with E-state index in [1.54, 1.807) is 11.3 Å². The van der Waals surface area contributed by atoms with Crippen molar-refractivity contribution in [2.75, 3.05) is 6.54 Å². The van der Waals surface area contributed by atoms with Crippen LogP contribution in [0.3, 0.4) is 0 Å². The third-order valence-electron chi connectivity index (χ3n) is 3.23. The fraction of sp³-hybridized carbons (Fsp3) is 0.294. The van der Waals surface area contributed by atoms with E-state index in [0.717, 1.165) is 11.3 Å². The topological polar surface area (TPSA) is 58.2 Å². The predicted molar refractivity (Wildman–Crippen MR) is 88.6 cm³/mol. The molecule has 0 bridgehead atoms. The van der Waals surface area contributed by atoms with Crippen LogP contribution in [-0.4, -0.2) is 18.4 Å². The second-order valence-electron chi connectivity index (χ2n) is 5.06.